The van der Waals surface area contributed by atoms with Crippen LogP contribution in [0.2, 0.25) is 0 Å². The van der Waals surface area contributed by atoms with Crippen LogP contribution in [0.1, 0.15) is 63.8 Å². The molecule has 7 atom stereocenters. The predicted molar refractivity (Wildman–Crippen MR) is 148 cm³/mol. The van der Waals surface area contributed by atoms with E-state index >= 15 is 0 Å². The minimum atomic E-state index is -4.71. The van der Waals surface area contributed by atoms with Gasteiger partial charge in [0.05, 0.1) is 31.0 Å². The average Bonchev–Trinajstić information content (AvgIpc) is 3.50. The quantitative estimate of drug-likeness (QED) is 0.296. The zero-order valence-electron chi connectivity index (χ0n) is 24.0. The Morgan fingerprint density at radius 2 is 1.95 bits per heavy atom. The minimum Gasteiger partial charge on any atom is -0.382 e. The number of aliphatic hydroxyl groups is 1. The van der Waals surface area contributed by atoms with Gasteiger partial charge in [0, 0.05) is 39.4 Å². The van der Waals surface area contributed by atoms with E-state index in [-0.39, 0.29) is 24.9 Å². The number of ether oxygens (including phenoxy) is 3. The number of carbonyl (C=O) groups excluding carboxylic acids is 1. The molecule has 3 unspecified atom stereocenters. The summed E-state index contributed by atoms with van der Waals surface area (Å²) in [5.41, 5.74) is -0.179. The van der Waals surface area contributed by atoms with E-state index in [0.717, 1.165) is 22.2 Å². The lowest BCUT2D eigenvalue weighted by Gasteiger charge is -2.67. The summed E-state index contributed by atoms with van der Waals surface area (Å²) in [4.78, 5) is 35.4. The molecule has 5 aliphatic rings. The molecule has 2 saturated carbocycles. The summed E-state index contributed by atoms with van der Waals surface area (Å²) in [5, 5.41) is 23.7. The largest absolute Gasteiger partial charge is 0.469 e. The molecule has 12 heteroatoms. The Morgan fingerprint density at radius 1 is 1.19 bits per heavy atom. The number of aromatic amines is 1. The molecule has 7 rings (SSSR count). The van der Waals surface area contributed by atoms with Crippen LogP contribution >= 0.6 is 7.82 Å². The zero-order valence-corrected chi connectivity index (χ0v) is 24.9. The predicted octanol–water partition coefficient (Wildman–Crippen LogP) is 3.30. The summed E-state index contributed by atoms with van der Waals surface area (Å²) in [7, 11) is -4.71. The van der Waals surface area contributed by atoms with Gasteiger partial charge in [-0.15, -0.1) is 0 Å². The number of H-pyrrole nitrogens is 1. The number of ketones is 1. The van der Waals surface area contributed by atoms with Crippen LogP contribution < -0.4 is 0 Å². The van der Waals surface area contributed by atoms with Gasteiger partial charge in [-0.2, -0.15) is 5.26 Å². The second-order valence-corrected chi connectivity index (χ2v) is 14.6. The number of phosphoric ester groups is 1. The van der Waals surface area contributed by atoms with Gasteiger partial charge in [0.15, 0.2) is 17.7 Å². The number of hydrogen-bond donors (Lipinski definition) is 4. The van der Waals surface area contributed by atoms with Gasteiger partial charge in [-0.25, -0.2) is 4.57 Å². The van der Waals surface area contributed by atoms with Crippen molar-refractivity contribution >= 4 is 24.5 Å². The third-order valence-electron chi connectivity index (χ3n) is 11.1. The number of fused-ring (bicyclic) bond motifs is 9. The molecule has 1 spiro atoms. The highest BCUT2D eigenvalue weighted by atomic mass is 31.2. The van der Waals surface area contributed by atoms with Crippen LogP contribution in [0.4, 0.5) is 0 Å². The van der Waals surface area contributed by atoms with Crippen molar-refractivity contribution in [2.75, 3.05) is 13.2 Å². The van der Waals surface area contributed by atoms with Gasteiger partial charge in [-0.3, -0.25) is 9.32 Å². The topological polar surface area (TPSA) is 171 Å². The summed E-state index contributed by atoms with van der Waals surface area (Å²) >= 11 is 0. The summed E-state index contributed by atoms with van der Waals surface area (Å²) in [6, 6.07) is 7.82. The standard InChI is InChI=1S/C30H35N2O9P/c1-26(2)25-21(33)14-22-29(40-25,41-26)8-7-27(3)28(4)17(13-23(30(22,27)34)38-9-10-39-42(35,36)37)12-19-18-11-16(15-31)5-6-20(18)32-24(19)28/h5-6,11,14,17,23,25,32,34H,7-10,12-13H2,1-4H3,(H2,35,36,37)/t17-,23+,25?,27?,28-,29?,30+/m1/s1. The van der Waals surface area contributed by atoms with Crippen LogP contribution in [-0.2, 0) is 39.9 Å². The van der Waals surface area contributed by atoms with E-state index in [1.165, 1.54) is 6.08 Å². The first-order valence-electron chi connectivity index (χ1n) is 14.3. The Morgan fingerprint density at radius 3 is 2.67 bits per heavy atom. The van der Waals surface area contributed by atoms with E-state index in [4.69, 9.17) is 14.2 Å². The monoisotopic (exact) mass is 598 g/mol. The normalized spacial score (nSPS) is 39.7. The number of phosphoric acid groups is 1. The Bertz CT molecular complexity index is 1650. The molecule has 2 aromatic rings. The van der Waals surface area contributed by atoms with E-state index in [2.05, 4.69) is 22.5 Å². The molecule has 4 N–H and O–H groups in total. The molecule has 42 heavy (non-hydrogen) atoms. The van der Waals surface area contributed by atoms with Gasteiger partial charge in [0.1, 0.15) is 11.2 Å². The van der Waals surface area contributed by atoms with Crippen LogP contribution in [0.15, 0.2) is 29.8 Å². The third-order valence-corrected chi connectivity index (χ3v) is 11.6. The lowest BCUT2D eigenvalue weighted by atomic mass is 9.41. The van der Waals surface area contributed by atoms with Crippen molar-refractivity contribution in [3.8, 4) is 6.07 Å². The van der Waals surface area contributed by atoms with Crippen molar-refractivity contribution < 1.29 is 43.0 Å². The molecule has 0 amide bonds. The van der Waals surface area contributed by atoms with E-state index in [1.807, 2.05) is 32.9 Å². The van der Waals surface area contributed by atoms with Gasteiger partial charge in [0.25, 0.3) is 0 Å². The van der Waals surface area contributed by atoms with Crippen LogP contribution in [-0.4, -0.2) is 68.1 Å². The van der Waals surface area contributed by atoms with Gasteiger partial charge < -0.3 is 34.1 Å². The SMILES string of the molecule is CC1(C)OC23CCC4(C)[C@@]5(C)c6[nH]c7ccc(C#N)cc7c6C[C@@H]5C[C@H](OCCOP(=O)(O)O)[C@@]4(O)C2=CC(=O)C1O3. The average molecular weight is 599 g/mol. The fourth-order valence-electron chi connectivity index (χ4n) is 9.05. The number of hydrogen-bond acceptors (Lipinski definition) is 8. The maximum atomic E-state index is 13.4. The summed E-state index contributed by atoms with van der Waals surface area (Å²) in [6.07, 6.45) is 1.85. The highest BCUT2D eigenvalue weighted by molar-refractivity contribution is 7.46. The van der Waals surface area contributed by atoms with Crippen molar-refractivity contribution in [1.82, 2.24) is 4.98 Å². The molecule has 1 aromatic carbocycles. The number of nitrogens with one attached hydrogen (secondary N) is 1. The molecule has 1 saturated heterocycles. The lowest BCUT2D eigenvalue weighted by molar-refractivity contribution is -0.281. The number of benzene rings is 1. The third kappa shape index (κ3) is 3.47. The van der Waals surface area contributed by atoms with E-state index in [0.29, 0.717) is 36.8 Å². The molecule has 2 bridgehead atoms. The maximum absolute atomic E-state index is 13.4. The van der Waals surface area contributed by atoms with Crippen LogP contribution in [0.5, 0.6) is 0 Å². The first-order valence-corrected chi connectivity index (χ1v) is 15.9. The van der Waals surface area contributed by atoms with Gasteiger partial charge >= 0.3 is 7.82 Å². The minimum absolute atomic E-state index is 0.0235. The molecule has 1 aromatic heterocycles. The first-order chi connectivity index (χ1) is 19.6. The van der Waals surface area contributed by atoms with Crippen LogP contribution in [0.25, 0.3) is 10.9 Å². The second-order valence-electron chi connectivity index (χ2n) is 13.4. The highest BCUT2D eigenvalue weighted by Gasteiger charge is 2.78. The van der Waals surface area contributed by atoms with Gasteiger partial charge in [0.2, 0.25) is 0 Å². The Hall–Kier alpha value is -2.39. The van der Waals surface area contributed by atoms with Crippen LogP contribution in [0, 0.1) is 22.7 Å². The molecule has 3 heterocycles. The number of rotatable bonds is 5. The maximum Gasteiger partial charge on any atom is 0.469 e. The number of nitrogens with zero attached hydrogens (tertiary/aromatic N) is 1. The van der Waals surface area contributed by atoms with Crippen molar-refractivity contribution in [3.63, 3.8) is 0 Å². The number of carbonyl (C=O) groups is 1. The van der Waals surface area contributed by atoms with Gasteiger partial charge in [-0.05, 0) is 68.9 Å². The molecule has 11 nitrogen and oxygen atoms in total. The number of nitriles is 1. The summed E-state index contributed by atoms with van der Waals surface area (Å²) < 4.78 is 35.1. The zero-order chi connectivity index (χ0) is 30.1. The second kappa shape index (κ2) is 8.62. The van der Waals surface area contributed by atoms with E-state index in [9.17, 15) is 29.5 Å². The first kappa shape index (κ1) is 28.4. The molecular weight excluding hydrogens is 563 g/mol. The molecule has 3 aliphatic carbocycles. The number of aromatic nitrogens is 1. The Kier molecular flexibility index (Phi) is 5.82. The van der Waals surface area contributed by atoms with E-state index in [1.54, 1.807) is 6.07 Å². The Labute approximate surface area is 243 Å². The molecule has 3 fully saturated rings. The molecule has 2 aliphatic heterocycles. The molecule has 0 radical (unpaired) electrons. The van der Waals surface area contributed by atoms with Crippen molar-refractivity contribution in [2.45, 2.75) is 88.0 Å². The van der Waals surface area contributed by atoms with Crippen LogP contribution in [0.3, 0.4) is 0 Å². The van der Waals surface area contributed by atoms with Crippen molar-refractivity contribution in [2.24, 2.45) is 11.3 Å². The lowest BCUT2D eigenvalue weighted by Crippen LogP contribution is -2.74. The van der Waals surface area contributed by atoms with Crippen molar-refractivity contribution in [3.05, 3.63) is 46.7 Å². The van der Waals surface area contributed by atoms with E-state index < -0.39 is 47.8 Å². The molecule has 224 valence electrons. The summed E-state index contributed by atoms with van der Waals surface area (Å²) in [5.74, 6) is -1.55. The fourth-order valence-corrected chi connectivity index (χ4v) is 9.36. The Balaban J connectivity index is 1.38. The smallest absolute Gasteiger partial charge is 0.382 e. The molecular formula is C30H35N2O9P. The highest BCUT2D eigenvalue weighted by Crippen LogP contribution is 2.72. The fraction of sp³-hybridized carbons (Fsp3) is 0.600. The van der Waals surface area contributed by atoms with Crippen molar-refractivity contribution in [1.29, 1.82) is 5.26 Å². The van der Waals surface area contributed by atoms with Gasteiger partial charge in [-0.1, -0.05) is 13.8 Å². The summed E-state index contributed by atoms with van der Waals surface area (Å²) in [6.45, 7) is 7.27.